The first-order chi connectivity index (χ1) is 8.49. The molecule has 0 spiro atoms. The molecule has 104 valence electrons. The number of unbranched alkanes of at least 4 members (excludes halogenated alkanes) is 1. The molecule has 2 N–H and O–H groups in total. The number of aromatic amines is 1. The summed E-state index contributed by atoms with van der Waals surface area (Å²) in [7, 11) is -3.49. The van der Waals surface area contributed by atoms with E-state index < -0.39 is 10.0 Å². The molecule has 1 aromatic heterocycles. The third kappa shape index (κ3) is 4.08. The Balaban J connectivity index is 2.46. The molecule has 0 fully saturated rings. The molecule has 0 radical (unpaired) electrons. The summed E-state index contributed by atoms with van der Waals surface area (Å²) < 4.78 is 31.8. The highest BCUT2D eigenvalue weighted by molar-refractivity contribution is 7.89. The SMILES string of the molecule is CCCCOCCNS(=O)(=O)c1c(C)n[nH]c1C. The molecule has 0 bridgehead atoms. The highest BCUT2D eigenvalue weighted by Gasteiger charge is 2.21. The number of sulfonamides is 1. The third-order valence-corrected chi connectivity index (χ3v) is 4.23. The normalized spacial score (nSPS) is 11.9. The standard InChI is InChI=1S/C11H21N3O3S/c1-4-5-7-17-8-6-12-18(15,16)11-9(2)13-14-10(11)3/h12H,4-8H2,1-3H3,(H,13,14). The van der Waals surface area contributed by atoms with E-state index in [1.807, 2.05) is 0 Å². The third-order valence-electron chi connectivity index (χ3n) is 2.51. The Labute approximate surface area is 108 Å². The zero-order valence-electron chi connectivity index (χ0n) is 11.1. The van der Waals surface area contributed by atoms with Crippen molar-refractivity contribution >= 4 is 10.0 Å². The van der Waals surface area contributed by atoms with Gasteiger partial charge in [0.2, 0.25) is 10.0 Å². The van der Waals surface area contributed by atoms with E-state index in [4.69, 9.17) is 4.74 Å². The van der Waals surface area contributed by atoms with Gasteiger partial charge in [-0.1, -0.05) is 13.3 Å². The fraction of sp³-hybridized carbons (Fsp3) is 0.727. The summed E-state index contributed by atoms with van der Waals surface area (Å²) in [6.07, 6.45) is 2.06. The molecule has 0 aromatic carbocycles. The molecule has 0 atom stereocenters. The summed E-state index contributed by atoms with van der Waals surface area (Å²) in [5.74, 6) is 0. The van der Waals surface area contributed by atoms with Gasteiger partial charge >= 0.3 is 0 Å². The van der Waals surface area contributed by atoms with Gasteiger partial charge in [0.15, 0.2) is 0 Å². The highest BCUT2D eigenvalue weighted by Crippen LogP contribution is 2.15. The van der Waals surface area contributed by atoms with Gasteiger partial charge in [0.25, 0.3) is 0 Å². The van der Waals surface area contributed by atoms with Gasteiger partial charge in [-0.3, -0.25) is 5.10 Å². The molecule has 1 rings (SSSR count). The van der Waals surface area contributed by atoms with Crippen LogP contribution in [0.15, 0.2) is 4.90 Å². The Bertz CT molecular complexity index is 448. The van der Waals surface area contributed by atoms with Gasteiger partial charge in [0.1, 0.15) is 4.90 Å². The second-order valence-corrected chi connectivity index (χ2v) is 5.83. The lowest BCUT2D eigenvalue weighted by atomic mass is 10.4. The summed E-state index contributed by atoms with van der Waals surface area (Å²) in [5, 5.41) is 6.54. The Morgan fingerprint density at radius 2 is 2.06 bits per heavy atom. The largest absolute Gasteiger partial charge is 0.380 e. The zero-order chi connectivity index (χ0) is 13.6. The molecule has 0 saturated carbocycles. The van der Waals surface area contributed by atoms with Gasteiger partial charge in [-0.25, -0.2) is 13.1 Å². The van der Waals surface area contributed by atoms with Crippen molar-refractivity contribution < 1.29 is 13.2 Å². The highest BCUT2D eigenvalue weighted by atomic mass is 32.2. The van der Waals surface area contributed by atoms with Gasteiger partial charge in [-0.2, -0.15) is 5.10 Å². The molecular formula is C11H21N3O3S. The van der Waals surface area contributed by atoms with Gasteiger partial charge in [-0.15, -0.1) is 0 Å². The lowest BCUT2D eigenvalue weighted by Crippen LogP contribution is -2.28. The van der Waals surface area contributed by atoms with Crippen LogP contribution in [0, 0.1) is 13.8 Å². The number of hydrogen-bond donors (Lipinski definition) is 2. The van der Waals surface area contributed by atoms with E-state index in [0.717, 1.165) is 12.8 Å². The molecule has 0 aliphatic heterocycles. The van der Waals surface area contributed by atoms with Crippen molar-refractivity contribution in [3.63, 3.8) is 0 Å². The van der Waals surface area contributed by atoms with Crippen molar-refractivity contribution in [3.05, 3.63) is 11.4 Å². The number of H-pyrrole nitrogens is 1. The zero-order valence-corrected chi connectivity index (χ0v) is 11.9. The average Bonchev–Trinajstić information content (AvgIpc) is 2.64. The lowest BCUT2D eigenvalue weighted by Gasteiger charge is -2.07. The molecular weight excluding hydrogens is 254 g/mol. The van der Waals surface area contributed by atoms with Crippen LogP contribution in [0.4, 0.5) is 0 Å². The molecule has 1 heterocycles. The predicted octanol–water partition coefficient (Wildman–Crippen LogP) is 1.12. The quantitative estimate of drug-likeness (QED) is 0.696. The number of hydrogen-bond acceptors (Lipinski definition) is 4. The molecule has 0 unspecified atom stereocenters. The first kappa shape index (κ1) is 15.1. The van der Waals surface area contributed by atoms with Crippen molar-refractivity contribution in [1.29, 1.82) is 0 Å². The van der Waals surface area contributed by atoms with Gasteiger partial charge in [-0.05, 0) is 20.3 Å². The van der Waals surface area contributed by atoms with Crippen LogP contribution in [0.1, 0.15) is 31.2 Å². The summed E-state index contributed by atoms with van der Waals surface area (Å²) in [5.41, 5.74) is 1.03. The number of nitrogens with one attached hydrogen (secondary N) is 2. The Morgan fingerprint density at radius 1 is 1.33 bits per heavy atom. The minimum absolute atomic E-state index is 0.232. The Morgan fingerprint density at radius 3 is 2.61 bits per heavy atom. The summed E-state index contributed by atoms with van der Waals surface area (Å²) >= 11 is 0. The van der Waals surface area contributed by atoms with Crippen molar-refractivity contribution in [1.82, 2.24) is 14.9 Å². The average molecular weight is 275 g/mol. The van der Waals surface area contributed by atoms with E-state index in [1.54, 1.807) is 13.8 Å². The van der Waals surface area contributed by atoms with Crippen LogP contribution in [0.5, 0.6) is 0 Å². The summed E-state index contributed by atoms with van der Waals surface area (Å²) in [6.45, 7) is 6.76. The smallest absolute Gasteiger partial charge is 0.244 e. The van der Waals surface area contributed by atoms with E-state index >= 15 is 0 Å². The van der Waals surface area contributed by atoms with Gasteiger partial charge < -0.3 is 4.74 Å². The van der Waals surface area contributed by atoms with Crippen LogP contribution < -0.4 is 4.72 Å². The number of aromatic nitrogens is 2. The number of ether oxygens (including phenoxy) is 1. The number of nitrogens with zero attached hydrogens (tertiary/aromatic N) is 1. The fourth-order valence-electron chi connectivity index (χ4n) is 1.61. The van der Waals surface area contributed by atoms with Crippen molar-refractivity contribution in [3.8, 4) is 0 Å². The van der Waals surface area contributed by atoms with Crippen molar-refractivity contribution in [2.24, 2.45) is 0 Å². The Kier molecular flexibility index (Phi) is 5.77. The topological polar surface area (TPSA) is 84.1 Å². The van der Waals surface area contributed by atoms with Crippen LogP contribution in [-0.2, 0) is 14.8 Å². The van der Waals surface area contributed by atoms with Crippen LogP contribution in [0.25, 0.3) is 0 Å². The first-order valence-electron chi connectivity index (χ1n) is 6.08. The molecule has 1 aromatic rings. The van der Waals surface area contributed by atoms with Gasteiger partial charge in [0, 0.05) is 13.2 Å². The first-order valence-corrected chi connectivity index (χ1v) is 7.56. The maximum Gasteiger partial charge on any atom is 0.244 e. The second kappa shape index (κ2) is 6.86. The molecule has 0 amide bonds. The minimum Gasteiger partial charge on any atom is -0.380 e. The van der Waals surface area contributed by atoms with E-state index in [-0.39, 0.29) is 11.4 Å². The van der Waals surface area contributed by atoms with Crippen molar-refractivity contribution in [2.75, 3.05) is 19.8 Å². The van der Waals surface area contributed by atoms with E-state index in [1.165, 1.54) is 0 Å². The van der Waals surface area contributed by atoms with E-state index in [2.05, 4.69) is 21.8 Å². The summed E-state index contributed by atoms with van der Waals surface area (Å²) in [4.78, 5) is 0.232. The maximum absolute atomic E-state index is 12.0. The van der Waals surface area contributed by atoms with E-state index in [0.29, 0.717) is 24.6 Å². The molecule has 0 aliphatic rings. The predicted molar refractivity (Wildman–Crippen MR) is 69.0 cm³/mol. The number of rotatable bonds is 8. The molecule has 7 heteroatoms. The summed E-state index contributed by atoms with van der Waals surface area (Å²) in [6, 6.07) is 0. The molecule has 18 heavy (non-hydrogen) atoms. The van der Waals surface area contributed by atoms with Crippen LogP contribution >= 0.6 is 0 Å². The fourth-order valence-corrected chi connectivity index (χ4v) is 2.99. The van der Waals surface area contributed by atoms with Crippen LogP contribution in [0.2, 0.25) is 0 Å². The molecule has 6 nitrogen and oxygen atoms in total. The minimum atomic E-state index is -3.49. The monoisotopic (exact) mass is 275 g/mol. The van der Waals surface area contributed by atoms with E-state index in [9.17, 15) is 8.42 Å². The molecule has 0 aliphatic carbocycles. The lowest BCUT2D eigenvalue weighted by molar-refractivity contribution is 0.136. The number of aryl methyl sites for hydroxylation is 2. The van der Waals surface area contributed by atoms with Gasteiger partial charge in [0.05, 0.1) is 18.0 Å². The van der Waals surface area contributed by atoms with Crippen molar-refractivity contribution in [2.45, 2.75) is 38.5 Å². The van der Waals surface area contributed by atoms with Crippen LogP contribution in [-0.4, -0.2) is 38.4 Å². The second-order valence-electron chi connectivity index (χ2n) is 4.13. The van der Waals surface area contributed by atoms with Crippen LogP contribution in [0.3, 0.4) is 0 Å². The Hall–Kier alpha value is -0.920. The molecule has 0 saturated heterocycles. The maximum atomic E-state index is 12.0.